The maximum Gasteiger partial charge on any atom is 0.190 e. The molecular weight excluding hydrogens is 282 g/mol. The first kappa shape index (κ1) is 14.5. The number of likely N-dealkylation sites (tertiary alicyclic amines) is 1. The first-order valence-corrected chi connectivity index (χ1v) is 8.43. The molecule has 1 fully saturated rings. The summed E-state index contributed by atoms with van der Waals surface area (Å²) >= 11 is 1.75. The van der Waals surface area contributed by atoms with Crippen molar-refractivity contribution in [3.05, 3.63) is 35.9 Å². The number of hydrogen-bond acceptors (Lipinski definition) is 5. The monoisotopic (exact) mass is 303 g/mol. The molecule has 1 aliphatic rings. The van der Waals surface area contributed by atoms with E-state index in [2.05, 4.69) is 50.8 Å². The zero-order chi connectivity index (χ0) is 14.7. The van der Waals surface area contributed by atoms with Crippen LogP contribution in [-0.2, 0) is 13.6 Å². The molecule has 112 valence electrons. The molecule has 0 amide bonds. The maximum absolute atomic E-state index is 4.45. The lowest BCUT2D eigenvalue weighted by atomic mass is 10.2. The van der Waals surface area contributed by atoms with E-state index >= 15 is 0 Å². The van der Waals surface area contributed by atoms with Gasteiger partial charge in [0, 0.05) is 26.0 Å². The summed E-state index contributed by atoms with van der Waals surface area (Å²) in [5, 5.41) is 9.79. The van der Waals surface area contributed by atoms with Crippen LogP contribution < -0.4 is 0 Å². The molecule has 0 spiro atoms. The van der Waals surface area contributed by atoms with Crippen LogP contribution in [-0.4, -0.2) is 36.9 Å². The first-order chi connectivity index (χ1) is 10.3. The minimum absolute atomic E-state index is 0.377. The van der Waals surface area contributed by atoms with Crippen molar-refractivity contribution in [1.82, 2.24) is 24.6 Å². The molecule has 0 radical (unpaired) electrons. The molecule has 0 aliphatic carbocycles. The van der Waals surface area contributed by atoms with E-state index in [4.69, 9.17) is 0 Å². The topological polar surface area (TPSA) is 46.8 Å². The lowest BCUT2D eigenvalue weighted by Gasteiger charge is -2.23. The summed E-state index contributed by atoms with van der Waals surface area (Å²) in [5.41, 5.74) is 1.31. The minimum atomic E-state index is 0.377. The molecule has 5 nitrogen and oxygen atoms in total. The van der Waals surface area contributed by atoms with Gasteiger partial charge in [0.15, 0.2) is 11.0 Å². The second-order valence-electron chi connectivity index (χ2n) is 5.32. The van der Waals surface area contributed by atoms with E-state index in [0.717, 1.165) is 36.2 Å². The molecule has 2 aromatic rings. The second kappa shape index (κ2) is 6.58. The number of rotatable bonds is 5. The highest BCUT2D eigenvalue weighted by atomic mass is 32.2. The van der Waals surface area contributed by atoms with Crippen molar-refractivity contribution in [3.63, 3.8) is 0 Å². The lowest BCUT2D eigenvalue weighted by molar-refractivity contribution is 0.235. The molecule has 1 atom stereocenters. The predicted octanol–water partition coefficient (Wildman–Crippen LogP) is 2.66. The molecule has 1 aliphatic heterocycles. The van der Waals surface area contributed by atoms with Gasteiger partial charge in [0.1, 0.15) is 0 Å². The SMILES string of the molecule is CCSc1nnc([C@@H]2CCCN2Cc2ccncc2)n1C. The first-order valence-electron chi connectivity index (χ1n) is 7.44. The van der Waals surface area contributed by atoms with Crippen LogP contribution in [0, 0.1) is 0 Å². The number of aromatic nitrogens is 4. The van der Waals surface area contributed by atoms with Crippen molar-refractivity contribution >= 4 is 11.8 Å². The van der Waals surface area contributed by atoms with Crippen molar-refractivity contribution < 1.29 is 0 Å². The Morgan fingerprint density at radius 2 is 2.10 bits per heavy atom. The van der Waals surface area contributed by atoms with E-state index in [1.54, 1.807) is 11.8 Å². The highest BCUT2D eigenvalue weighted by Gasteiger charge is 2.30. The molecule has 2 aromatic heterocycles. The fourth-order valence-corrected chi connectivity index (χ4v) is 3.55. The van der Waals surface area contributed by atoms with Crippen LogP contribution >= 0.6 is 11.8 Å². The molecule has 3 heterocycles. The summed E-state index contributed by atoms with van der Waals surface area (Å²) in [6.07, 6.45) is 6.10. The van der Waals surface area contributed by atoms with Gasteiger partial charge in [-0.05, 0) is 42.8 Å². The van der Waals surface area contributed by atoms with E-state index in [-0.39, 0.29) is 0 Å². The van der Waals surface area contributed by atoms with E-state index in [9.17, 15) is 0 Å². The summed E-state index contributed by atoms with van der Waals surface area (Å²) in [5.74, 6) is 2.12. The normalized spacial score (nSPS) is 19.2. The molecule has 0 saturated carbocycles. The number of thioether (sulfide) groups is 1. The van der Waals surface area contributed by atoms with E-state index in [1.165, 1.54) is 12.0 Å². The number of nitrogens with zero attached hydrogens (tertiary/aromatic N) is 5. The van der Waals surface area contributed by atoms with E-state index in [0.29, 0.717) is 6.04 Å². The summed E-state index contributed by atoms with van der Waals surface area (Å²) in [4.78, 5) is 6.59. The summed E-state index contributed by atoms with van der Waals surface area (Å²) in [6.45, 7) is 4.22. The van der Waals surface area contributed by atoms with Crippen molar-refractivity contribution in [2.45, 2.75) is 37.5 Å². The van der Waals surface area contributed by atoms with Gasteiger partial charge in [0.05, 0.1) is 6.04 Å². The van der Waals surface area contributed by atoms with Crippen LogP contribution in [0.25, 0.3) is 0 Å². The van der Waals surface area contributed by atoms with Gasteiger partial charge < -0.3 is 4.57 Å². The largest absolute Gasteiger partial charge is 0.308 e. The van der Waals surface area contributed by atoms with Crippen LogP contribution in [0.5, 0.6) is 0 Å². The van der Waals surface area contributed by atoms with Gasteiger partial charge in [-0.15, -0.1) is 10.2 Å². The van der Waals surface area contributed by atoms with Gasteiger partial charge in [-0.25, -0.2) is 0 Å². The molecule has 6 heteroatoms. The van der Waals surface area contributed by atoms with Crippen LogP contribution in [0.4, 0.5) is 0 Å². The fourth-order valence-electron chi connectivity index (χ4n) is 2.90. The quantitative estimate of drug-likeness (QED) is 0.795. The van der Waals surface area contributed by atoms with Gasteiger partial charge in [0.2, 0.25) is 0 Å². The standard InChI is InChI=1S/C15H21N5S/c1-3-21-15-18-17-14(19(15)2)13-5-4-10-20(13)11-12-6-8-16-9-7-12/h6-9,13H,3-5,10-11H2,1-2H3/t13-/m0/s1. The van der Waals surface area contributed by atoms with Gasteiger partial charge in [-0.2, -0.15) is 0 Å². The zero-order valence-electron chi connectivity index (χ0n) is 12.6. The minimum Gasteiger partial charge on any atom is -0.308 e. The van der Waals surface area contributed by atoms with Crippen LogP contribution in [0.1, 0.15) is 37.2 Å². The molecule has 3 rings (SSSR count). The van der Waals surface area contributed by atoms with Crippen molar-refractivity contribution in [3.8, 4) is 0 Å². The second-order valence-corrected chi connectivity index (χ2v) is 6.55. The van der Waals surface area contributed by atoms with Gasteiger partial charge in [-0.3, -0.25) is 9.88 Å². The third-order valence-electron chi connectivity index (χ3n) is 3.94. The van der Waals surface area contributed by atoms with Crippen LogP contribution in [0.15, 0.2) is 29.7 Å². The Morgan fingerprint density at radius 1 is 1.29 bits per heavy atom. The smallest absolute Gasteiger partial charge is 0.190 e. The van der Waals surface area contributed by atoms with Crippen molar-refractivity contribution in [1.29, 1.82) is 0 Å². The molecule has 0 aromatic carbocycles. The third-order valence-corrected chi connectivity index (χ3v) is 4.84. The summed E-state index contributed by atoms with van der Waals surface area (Å²) < 4.78 is 2.16. The summed E-state index contributed by atoms with van der Waals surface area (Å²) in [6, 6.07) is 4.55. The van der Waals surface area contributed by atoms with Crippen molar-refractivity contribution in [2.75, 3.05) is 12.3 Å². The molecular formula is C15H21N5S. The Morgan fingerprint density at radius 3 is 2.86 bits per heavy atom. The Labute approximate surface area is 129 Å². The average molecular weight is 303 g/mol. The Kier molecular flexibility index (Phi) is 4.55. The highest BCUT2D eigenvalue weighted by molar-refractivity contribution is 7.99. The molecule has 1 saturated heterocycles. The Bertz CT molecular complexity index is 583. The van der Waals surface area contributed by atoms with Gasteiger partial charge in [0.25, 0.3) is 0 Å². The maximum atomic E-state index is 4.45. The Balaban J connectivity index is 1.78. The highest BCUT2D eigenvalue weighted by Crippen LogP contribution is 2.33. The molecule has 0 unspecified atom stereocenters. The fraction of sp³-hybridized carbons (Fsp3) is 0.533. The zero-order valence-corrected chi connectivity index (χ0v) is 13.4. The van der Waals surface area contributed by atoms with Crippen molar-refractivity contribution in [2.24, 2.45) is 7.05 Å². The average Bonchev–Trinajstić information content (AvgIpc) is 3.08. The molecule has 0 N–H and O–H groups in total. The predicted molar refractivity (Wildman–Crippen MR) is 84.0 cm³/mol. The molecule has 21 heavy (non-hydrogen) atoms. The number of hydrogen-bond donors (Lipinski definition) is 0. The van der Waals surface area contributed by atoms with Crippen LogP contribution in [0.2, 0.25) is 0 Å². The summed E-state index contributed by atoms with van der Waals surface area (Å²) in [7, 11) is 2.08. The van der Waals surface area contributed by atoms with E-state index in [1.807, 2.05) is 12.4 Å². The molecule has 0 bridgehead atoms. The lowest BCUT2D eigenvalue weighted by Crippen LogP contribution is -2.25. The van der Waals surface area contributed by atoms with Gasteiger partial charge in [-0.1, -0.05) is 18.7 Å². The van der Waals surface area contributed by atoms with E-state index < -0.39 is 0 Å². The third kappa shape index (κ3) is 3.11. The van der Waals surface area contributed by atoms with Gasteiger partial charge >= 0.3 is 0 Å². The Hall–Kier alpha value is -1.40. The number of pyridine rings is 1. The van der Waals surface area contributed by atoms with Crippen LogP contribution in [0.3, 0.4) is 0 Å².